The number of likely N-dealkylation sites (tertiary alicyclic amines) is 1. The number of fused-ring (bicyclic) bond motifs is 1. The van der Waals surface area contributed by atoms with Gasteiger partial charge in [-0.3, -0.25) is 9.59 Å². The Morgan fingerprint density at radius 3 is 2.45 bits per heavy atom. The molecular weight excluding hydrogens is 388 g/mol. The van der Waals surface area contributed by atoms with Crippen LogP contribution in [0.2, 0.25) is 0 Å². The summed E-state index contributed by atoms with van der Waals surface area (Å²) in [5, 5.41) is 8.57. The molecule has 1 aliphatic rings. The molecule has 0 radical (unpaired) electrons. The van der Waals surface area contributed by atoms with Gasteiger partial charge in [-0.1, -0.05) is 55.5 Å². The highest BCUT2D eigenvalue weighted by atomic mass is 16.2. The van der Waals surface area contributed by atoms with E-state index < -0.39 is 0 Å². The Bertz CT molecular complexity index is 1090. The van der Waals surface area contributed by atoms with Crippen LogP contribution in [0.25, 0.3) is 10.8 Å². The van der Waals surface area contributed by atoms with Crippen molar-refractivity contribution >= 4 is 16.7 Å². The van der Waals surface area contributed by atoms with E-state index in [1.54, 1.807) is 12.1 Å². The lowest BCUT2D eigenvalue weighted by Crippen LogP contribution is -2.36. The van der Waals surface area contributed by atoms with Crippen molar-refractivity contribution in [2.75, 3.05) is 26.2 Å². The van der Waals surface area contributed by atoms with Gasteiger partial charge in [-0.2, -0.15) is 5.10 Å². The van der Waals surface area contributed by atoms with Gasteiger partial charge in [0.2, 0.25) is 0 Å². The summed E-state index contributed by atoms with van der Waals surface area (Å²) in [7, 11) is 0. The van der Waals surface area contributed by atoms with Gasteiger partial charge in [0.15, 0.2) is 5.69 Å². The Hall–Kier alpha value is -2.99. The van der Waals surface area contributed by atoms with Crippen LogP contribution in [0.4, 0.5) is 0 Å². The van der Waals surface area contributed by atoms with Crippen LogP contribution in [0.1, 0.15) is 42.2 Å². The molecule has 1 amide bonds. The molecule has 0 unspecified atom stereocenters. The number of hydrogen-bond donors (Lipinski definition) is 1. The standard InChI is InChI=1S/C25H30N4O2/c1-19-12-16-28(17-13-19)15-7-14-26-24(30)23-21-10-5-6-11-22(21)25(31)29(27-23)18-20-8-3-2-4-9-20/h2-6,8-11,19H,7,12-18H2,1H3,(H,26,30). The van der Waals surface area contributed by atoms with Gasteiger partial charge in [0.1, 0.15) is 0 Å². The van der Waals surface area contributed by atoms with Gasteiger partial charge >= 0.3 is 0 Å². The number of rotatable bonds is 7. The van der Waals surface area contributed by atoms with Crippen molar-refractivity contribution in [3.63, 3.8) is 0 Å². The third-order valence-electron chi connectivity index (χ3n) is 6.07. The third-order valence-corrected chi connectivity index (χ3v) is 6.07. The fraction of sp³-hybridized carbons (Fsp3) is 0.400. The molecule has 1 saturated heterocycles. The summed E-state index contributed by atoms with van der Waals surface area (Å²) < 4.78 is 1.39. The van der Waals surface area contributed by atoms with E-state index in [0.29, 0.717) is 29.6 Å². The first-order valence-corrected chi connectivity index (χ1v) is 11.2. The fourth-order valence-electron chi connectivity index (χ4n) is 4.14. The molecule has 2 heterocycles. The van der Waals surface area contributed by atoms with E-state index in [9.17, 15) is 9.59 Å². The monoisotopic (exact) mass is 418 g/mol. The minimum absolute atomic E-state index is 0.185. The highest BCUT2D eigenvalue weighted by molar-refractivity contribution is 6.04. The summed E-state index contributed by atoms with van der Waals surface area (Å²) in [6.45, 7) is 6.52. The topological polar surface area (TPSA) is 67.2 Å². The first kappa shape index (κ1) is 21.2. The minimum Gasteiger partial charge on any atom is -0.351 e. The van der Waals surface area contributed by atoms with E-state index in [4.69, 9.17) is 0 Å². The molecule has 2 aromatic carbocycles. The summed E-state index contributed by atoms with van der Waals surface area (Å²) in [5.74, 6) is 0.590. The fourth-order valence-corrected chi connectivity index (χ4v) is 4.14. The van der Waals surface area contributed by atoms with E-state index >= 15 is 0 Å². The quantitative estimate of drug-likeness (QED) is 0.598. The molecule has 0 bridgehead atoms. The molecule has 0 atom stereocenters. The lowest BCUT2D eigenvalue weighted by molar-refractivity contribution is 0.0945. The van der Waals surface area contributed by atoms with Crippen LogP contribution in [0.15, 0.2) is 59.4 Å². The predicted molar refractivity (Wildman–Crippen MR) is 123 cm³/mol. The zero-order valence-corrected chi connectivity index (χ0v) is 18.1. The van der Waals surface area contributed by atoms with Crippen LogP contribution in [0.3, 0.4) is 0 Å². The van der Waals surface area contributed by atoms with Crippen LogP contribution in [0, 0.1) is 5.92 Å². The molecule has 31 heavy (non-hydrogen) atoms. The summed E-state index contributed by atoms with van der Waals surface area (Å²) in [6.07, 6.45) is 3.41. The Labute approximate surface area is 182 Å². The van der Waals surface area contributed by atoms with Crippen LogP contribution in [-0.4, -0.2) is 46.8 Å². The zero-order valence-electron chi connectivity index (χ0n) is 18.1. The second kappa shape index (κ2) is 9.88. The van der Waals surface area contributed by atoms with Crippen LogP contribution < -0.4 is 10.9 Å². The maximum Gasteiger partial charge on any atom is 0.274 e. The molecule has 6 heteroatoms. The largest absolute Gasteiger partial charge is 0.351 e. The lowest BCUT2D eigenvalue weighted by atomic mass is 9.99. The molecular formula is C25H30N4O2. The number of piperidine rings is 1. The predicted octanol–water partition coefficient (Wildman–Crippen LogP) is 3.30. The average molecular weight is 419 g/mol. The number of amides is 1. The molecule has 1 aromatic heterocycles. The van der Waals surface area contributed by atoms with E-state index in [1.165, 1.54) is 17.5 Å². The normalized spacial score (nSPS) is 15.3. The molecule has 3 aromatic rings. The second-order valence-corrected chi connectivity index (χ2v) is 8.48. The first-order valence-electron chi connectivity index (χ1n) is 11.2. The van der Waals surface area contributed by atoms with Crippen molar-refractivity contribution in [2.45, 2.75) is 32.7 Å². The number of nitrogens with zero attached hydrogens (tertiary/aromatic N) is 3. The van der Waals surface area contributed by atoms with Crippen molar-refractivity contribution < 1.29 is 4.79 Å². The highest BCUT2D eigenvalue weighted by Crippen LogP contribution is 2.16. The number of benzene rings is 2. The molecule has 1 aliphatic heterocycles. The van der Waals surface area contributed by atoms with Crippen LogP contribution >= 0.6 is 0 Å². The van der Waals surface area contributed by atoms with Crippen molar-refractivity contribution in [1.29, 1.82) is 0 Å². The molecule has 6 nitrogen and oxygen atoms in total. The Kier molecular flexibility index (Phi) is 6.77. The van der Waals surface area contributed by atoms with E-state index in [1.807, 2.05) is 42.5 Å². The van der Waals surface area contributed by atoms with Crippen LogP contribution in [0.5, 0.6) is 0 Å². The van der Waals surface area contributed by atoms with Gasteiger partial charge in [0, 0.05) is 11.9 Å². The minimum atomic E-state index is -0.231. The molecule has 0 spiro atoms. The summed E-state index contributed by atoms with van der Waals surface area (Å²) >= 11 is 0. The highest BCUT2D eigenvalue weighted by Gasteiger charge is 2.18. The molecule has 4 rings (SSSR count). The van der Waals surface area contributed by atoms with Crippen LogP contribution in [-0.2, 0) is 6.54 Å². The number of carbonyl (C=O) groups is 1. The SMILES string of the molecule is CC1CCN(CCCNC(=O)c2nn(Cc3ccccc3)c(=O)c3ccccc23)CC1. The summed E-state index contributed by atoms with van der Waals surface area (Å²) in [5.41, 5.74) is 1.09. The van der Waals surface area contributed by atoms with Crippen molar-refractivity contribution in [2.24, 2.45) is 5.92 Å². The molecule has 1 N–H and O–H groups in total. The average Bonchev–Trinajstić information content (AvgIpc) is 2.80. The number of carbonyl (C=O) groups excluding carboxylic acids is 1. The maximum absolute atomic E-state index is 13.0. The second-order valence-electron chi connectivity index (χ2n) is 8.48. The number of nitrogens with one attached hydrogen (secondary N) is 1. The molecule has 162 valence electrons. The van der Waals surface area contributed by atoms with Crippen molar-refractivity contribution in [3.8, 4) is 0 Å². The Morgan fingerprint density at radius 1 is 1.03 bits per heavy atom. The third kappa shape index (κ3) is 5.20. The van der Waals surface area contributed by atoms with Gasteiger partial charge in [-0.25, -0.2) is 4.68 Å². The van der Waals surface area contributed by atoms with Gasteiger partial charge in [-0.15, -0.1) is 0 Å². The smallest absolute Gasteiger partial charge is 0.274 e. The maximum atomic E-state index is 13.0. The molecule has 0 saturated carbocycles. The van der Waals surface area contributed by atoms with Gasteiger partial charge in [0.05, 0.1) is 11.9 Å². The zero-order chi connectivity index (χ0) is 21.6. The summed E-state index contributed by atoms with van der Waals surface area (Å²) in [6, 6.07) is 16.9. The van der Waals surface area contributed by atoms with Gasteiger partial charge in [0.25, 0.3) is 11.5 Å². The number of hydrogen-bond acceptors (Lipinski definition) is 4. The van der Waals surface area contributed by atoms with E-state index in [2.05, 4.69) is 22.2 Å². The summed E-state index contributed by atoms with van der Waals surface area (Å²) in [4.78, 5) is 28.4. The number of aromatic nitrogens is 2. The lowest BCUT2D eigenvalue weighted by Gasteiger charge is -2.30. The van der Waals surface area contributed by atoms with E-state index in [0.717, 1.165) is 37.5 Å². The first-order chi connectivity index (χ1) is 15.1. The Balaban J connectivity index is 1.47. The van der Waals surface area contributed by atoms with Gasteiger partial charge in [-0.05, 0) is 56.4 Å². The Morgan fingerprint density at radius 2 is 1.71 bits per heavy atom. The van der Waals surface area contributed by atoms with Crippen molar-refractivity contribution in [1.82, 2.24) is 20.0 Å². The van der Waals surface area contributed by atoms with E-state index in [-0.39, 0.29) is 11.5 Å². The molecule has 1 fully saturated rings. The molecule has 0 aliphatic carbocycles. The van der Waals surface area contributed by atoms with Crippen molar-refractivity contribution in [3.05, 3.63) is 76.2 Å². The van der Waals surface area contributed by atoms with Gasteiger partial charge < -0.3 is 10.2 Å².